The van der Waals surface area contributed by atoms with E-state index in [1.165, 1.54) is 0 Å². The van der Waals surface area contributed by atoms with Gasteiger partial charge in [0.1, 0.15) is 12.4 Å². The van der Waals surface area contributed by atoms with Crippen LogP contribution in [0.2, 0.25) is 10.0 Å². The molecular formula is C20H25Cl2FN4O. The average molecular weight is 427 g/mol. The number of aliphatic hydroxyl groups excluding tert-OH is 1. The third-order valence-corrected chi connectivity index (χ3v) is 6.56. The van der Waals surface area contributed by atoms with E-state index < -0.39 is 12.7 Å². The number of halogens is 3. The summed E-state index contributed by atoms with van der Waals surface area (Å²) < 4.78 is 13.1. The summed E-state index contributed by atoms with van der Waals surface area (Å²) in [6, 6.07) is 4.88. The van der Waals surface area contributed by atoms with Gasteiger partial charge >= 0.3 is 0 Å². The highest BCUT2D eigenvalue weighted by atomic mass is 35.5. The molecule has 1 atom stereocenters. The van der Waals surface area contributed by atoms with Crippen LogP contribution in [0.3, 0.4) is 0 Å². The van der Waals surface area contributed by atoms with Crippen LogP contribution >= 0.6 is 23.2 Å². The van der Waals surface area contributed by atoms with E-state index in [4.69, 9.17) is 33.9 Å². The van der Waals surface area contributed by atoms with Gasteiger partial charge in [-0.15, -0.1) is 0 Å². The maximum atomic E-state index is 13.1. The average Bonchev–Trinajstić information content (AvgIpc) is 2.70. The van der Waals surface area contributed by atoms with Gasteiger partial charge in [-0.2, -0.15) is 0 Å². The number of nitrogens with zero attached hydrogens (tertiary/aromatic N) is 3. The predicted octanol–water partition coefficient (Wildman–Crippen LogP) is 4.15. The van der Waals surface area contributed by atoms with Crippen LogP contribution in [0.25, 0.3) is 11.3 Å². The van der Waals surface area contributed by atoms with Crippen molar-refractivity contribution in [3.8, 4) is 11.3 Å². The molecule has 5 nitrogen and oxygen atoms in total. The van der Waals surface area contributed by atoms with Crippen molar-refractivity contribution in [3.63, 3.8) is 0 Å². The van der Waals surface area contributed by atoms with Gasteiger partial charge in [-0.3, -0.25) is 0 Å². The summed E-state index contributed by atoms with van der Waals surface area (Å²) in [5.74, 6) is 0.651. The smallest absolute Gasteiger partial charge is 0.153 e. The van der Waals surface area contributed by atoms with Gasteiger partial charge in [0.05, 0.1) is 28.0 Å². The van der Waals surface area contributed by atoms with E-state index in [0.29, 0.717) is 51.6 Å². The van der Waals surface area contributed by atoms with Crippen LogP contribution in [0.1, 0.15) is 31.2 Å². The summed E-state index contributed by atoms with van der Waals surface area (Å²) >= 11 is 12.5. The minimum atomic E-state index is -0.521. The lowest BCUT2D eigenvalue weighted by atomic mass is 9.75. The highest BCUT2D eigenvalue weighted by Crippen LogP contribution is 2.38. The second kappa shape index (κ2) is 8.49. The van der Waals surface area contributed by atoms with E-state index in [1.54, 1.807) is 12.1 Å². The van der Waals surface area contributed by atoms with Gasteiger partial charge < -0.3 is 15.7 Å². The highest BCUT2D eigenvalue weighted by molar-refractivity contribution is 6.43. The number of aliphatic hydroxyl groups is 1. The molecule has 1 aliphatic heterocycles. The Morgan fingerprint density at radius 3 is 2.57 bits per heavy atom. The lowest BCUT2D eigenvalue weighted by Crippen LogP contribution is -2.49. The topological polar surface area (TPSA) is 75.3 Å². The summed E-state index contributed by atoms with van der Waals surface area (Å²) in [5.41, 5.74) is 8.20. The van der Waals surface area contributed by atoms with Crippen LogP contribution in [-0.4, -0.2) is 40.9 Å². The Bertz CT molecular complexity index is 856. The maximum Gasteiger partial charge on any atom is 0.153 e. The van der Waals surface area contributed by atoms with Gasteiger partial charge in [-0.25, -0.2) is 14.4 Å². The van der Waals surface area contributed by atoms with Gasteiger partial charge in [0.15, 0.2) is 5.82 Å². The molecular weight excluding hydrogens is 402 g/mol. The van der Waals surface area contributed by atoms with Crippen molar-refractivity contribution in [3.05, 3.63) is 39.6 Å². The summed E-state index contributed by atoms with van der Waals surface area (Å²) in [5, 5.41) is 10.8. The summed E-state index contributed by atoms with van der Waals surface area (Å²) in [4.78, 5) is 11.5. The lowest BCUT2D eigenvalue weighted by Gasteiger charge is -2.43. The molecule has 0 amide bonds. The molecule has 0 radical (unpaired) electrons. The molecule has 3 rings (SSSR count). The number of piperidine rings is 1. The fourth-order valence-corrected chi connectivity index (χ4v) is 4.02. The van der Waals surface area contributed by atoms with Gasteiger partial charge in [0.2, 0.25) is 0 Å². The van der Waals surface area contributed by atoms with E-state index >= 15 is 0 Å². The highest BCUT2D eigenvalue weighted by Gasteiger charge is 2.36. The number of hydrogen-bond acceptors (Lipinski definition) is 5. The van der Waals surface area contributed by atoms with Crippen LogP contribution in [-0.2, 0) is 6.61 Å². The van der Waals surface area contributed by atoms with Crippen molar-refractivity contribution in [2.45, 2.75) is 39.3 Å². The van der Waals surface area contributed by atoms with E-state index in [0.717, 1.165) is 12.8 Å². The fraction of sp³-hybridized carbons (Fsp3) is 0.500. The minimum Gasteiger partial charge on any atom is -0.390 e. The molecule has 0 bridgehead atoms. The van der Waals surface area contributed by atoms with E-state index in [9.17, 15) is 9.50 Å². The zero-order valence-electron chi connectivity index (χ0n) is 16.1. The van der Waals surface area contributed by atoms with Gasteiger partial charge in [0.25, 0.3) is 0 Å². The number of aryl methyl sites for hydroxylation is 1. The summed E-state index contributed by atoms with van der Waals surface area (Å²) in [7, 11) is 0. The van der Waals surface area contributed by atoms with Crippen LogP contribution in [0, 0.1) is 12.3 Å². The molecule has 1 saturated heterocycles. The van der Waals surface area contributed by atoms with Crippen LogP contribution in [0.4, 0.5) is 10.2 Å². The molecule has 0 spiro atoms. The van der Waals surface area contributed by atoms with Gasteiger partial charge in [-0.1, -0.05) is 42.3 Å². The Kier molecular flexibility index (Phi) is 6.44. The zero-order chi connectivity index (χ0) is 20.5. The number of alkyl halides is 1. The van der Waals surface area contributed by atoms with Gasteiger partial charge in [0, 0.05) is 24.7 Å². The second-order valence-electron chi connectivity index (χ2n) is 7.59. The molecule has 2 heterocycles. The Hall–Kier alpha value is -1.47. The molecule has 152 valence electrons. The first-order valence-corrected chi connectivity index (χ1v) is 10.1. The van der Waals surface area contributed by atoms with Crippen molar-refractivity contribution in [1.82, 2.24) is 9.97 Å². The molecule has 1 aromatic heterocycles. The third kappa shape index (κ3) is 3.96. The first-order chi connectivity index (χ1) is 13.3. The summed E-state index contributed by atoms with van der Waals surface area (Å²) in [6.45, 7) is 4.49. The quantitative estimate of drug-likeness (QED) is 0.750. The maximum absolute atomic E-state index is 13.1. The number of nitrogens with two attached hydrogens (primary N) is 1. The molecule has 0 saturated carbocycles. The van der Waals surface area contributed by atoms with Crippen molar-refractivity contribution in [2.75, 3.05) is 24.7 Å². The van der Waals surface area contributed by atoms with Crippen molar-refractivity contribution in [1.29, 1.82) is 0 Å². The molecule has 2 aromatic rings. The fourth-order valence-electron chi connectivity index (χ4n) is 3.63. The largest absolute Gasteiger partial charge is 0.390 e. The number of rotatable bonds is 5. The summed E-state index contributed by atoms with van der Waals surface area (Å²) in [6.07, 6.45) is 1.51. The molecule has 0 aliphatic carbocycles. The van der Waals surface area contributed by atoms with Gasteiger partial charge in [-0.05, 0) is 31.2 Å². The monoisotopic (exact) mass is 426 g/mol. The van der Waals surface area contributed by atoms with Crippen molar-refractivity contribution in [2.24, 2.45) is 11.1 Å². The second-order valence-corrected chi connectivity index (χ2v) is 8.37. The predicted molar refractivity (Wildman–Crippen MR) is 112 cm³/mol. The molecule has 8 heteroatoms. The first-order valence-electron chi connectivity index (χ1n) is 9.30. The molecule has 0 unspecified atom stereocenters. The molecule has 1 fully saturated rings. The molecule has 1 aliphatic rings. The lowest BCUT2D eigenvalue weighted by molar-refractivity contribution is 0.169. The molecule has 3 N–H and O–H groups in total. The van der Waals surface area contributed by atoms with Crippen molar-refractivity contribution >= 4 is 29.0 Å². The van der Waals surface area contributed by atoms with E-state index in [1.807, 2.05) is 19.9 Å². The Morgan fingerprint density at radius 2 is 1.96 bits per heavy atom. The van der Waals surface area contributed by atoms with Crippen molar-refractivity contribution < 1.29 is 9.50 Å². The molecule has 1 aromatic carbocycles. The van der Waals surface area contributed by atoms with E-state index in [-0.39, 0.29) is 12.0 Å². The molecule has 28 heavy (non-hydrogen) atoms. The zero-order valence-corrected chi connectivity index (χ0v) is 17.6. The number of benzene rings is 1. The van der Waals surface area contributed by atoms with Crippen LogP contribution < -0.4 is 10.6 Å². The normalized spacial score (nSPS) is 17.6. The van der Waals surface area contributed by atoms with Crippen LogP contribution in [0.15, 0.2) is 18.2 Å². The third-order valence-electron chi connectivity index (χ3n) is 5.74. The minimum absolute atomic E-state index is 0.235. The number of anilines is 1. The first kappa shape index (κ1) is 21.2. The Morgan fingerprint density at radius 1 is 1.29 bits per heavy atom. The number of aromatic nitrogens is 2. The number of hydrogen-bond donors (Lipinski definition) is 2. The van der Waals surface area contributed by atoms with Crippen LogP contribution in [0.5, 0.6) is 0 Å². The standard InChI is InChI=1S/C20H25Cl2FN4O/c1-12-18(13-4-3-5-14(21)17(13)22)26-15(11-28)19(25-12)27-8-6-20(2,7-9-27)16(24)10-23/h3-5,16,28H,6-11,24H2,1-2H3/t16-/m0/s1. The Balaban J connectivity index is 1.92. The van der Waals surface area contributed by atoms with E-state index in [2.05, 4.69) is 9.88 Å². The Labute approximate surface area is 174 Å². The SMILES string of the molecule is Cc1nc(N2CCC(C)([C@@H](N)CF)CC2)c(CO)nc1-c1cccc(Cl)c1Cl.